The summed E-state index contributed by atoms with van der Waals surface area (Å²) < 4.78 is 19.7. The number of rotatable bonds is 12. The van der Waals surface area contributed by atoms with Gasteiger partial charge in [0.1, 0.15) is 11.6 Å². The fourth-order valence-corrected chi connectivity index (χ4v) is 3.04. The minimum Gasteiger partial charge on any atom is -0.494 e. The SMILES string of the molecule is C=CCCCCCCCCOc1ccc(-c2ccc(C(=O)Cl)c(F)c2)cc1. The van der Waals surface area contributed by atoms with Crippen LogP contribution in [0.5, 0.6) is 5.75 Å². The minimum absolute atomic E-state index is 0.110. The Morgan fingerprint density at radius 3 is 2.22 bits per heavy atom. The van der Waals surface area contributed by atoms with E-state index >= 15 is 0 Å². The number of halogens is 2. The summed E-state index contributed by atoms with van der Waals surface area (Å²) in [5, 5.41) is -0.792. The molecule has 0 bridgehead atoms. The first-order valence-corrected chi connectivity index (χ1v) is 9.83. The normalized spacial score (nSPS) is 10.6. The zero-order chi connectivity index (χ0) is 19.5. The zero-order valence-corrected chi connectivity index (χ0v) is 16.3. The third-order valence-electron chi connectivity index (χ3n) is 4.44. The maximum absolute atomic E-state index is 13.9. The van der Waals surface area contributed by atoms with Crippen LogP contribution in [0.3, 0.4) is 0 Å². The quantitative estimate of drug-likeness (QED) is 0.219. The van der Waals surface area contributed by atoms with Crippen molar-refractivity contribution in [1.82, 2.24) is 0 Å². The molecule has 0 amide bonds. The standard InChI is InChI=1S/C23H26ClFO2/c1-2-3-4-5-6-7-8-9-16-27-20-13-10-18(11-14-20)19-12-15-21(23(24)26)22(25)17-19/h2,10-15,17H,1,3-9,16H2. The number of allylic oxidation sites excluding steroid dienone is 1. The topological polar surface area (TPSA) is 26.3 Å². The molecule has 0 fully saturated rings. The zero-order valence-electron chi connectivity index (χ0n) is 15.6. The number of hydrogen-bond donors (Lipinski definition) is 0. The van der Waals surface area contributed by atoms with Crippen LogP contribution in [0.2, 0.25) is 0 Å². The van der Waals surface area contributed by atoms with Crippen molar-refractivity contribution in [2.75, 3.05) is 6.61 Å². The summed E-state index contributed by atoms with van der Waals surface area (Å²) in [6, 6.07) is 11.9. The van der Waals surface area contributed by atoms with E-state index in [-0.39, 0.29) is 5.56 Å². The molecule has 0 spiro atoms. The smallest absolute Gasteiger partial charge is 0.255 e. The Kier molecular flexibility index (Phi) is 9.06. The van der Waals surface area contributed by atoms with Gasteiger partial charge >= 0.3 is 0 Å². The van der Waals surface area contributed by atoms with E-state index in [1.165, 1.54) is 44.2 Å². The molecule has 0 aromatic heterocycles. The van der Waals surface area contributed by atoms with Gasteiger partial charge in [-0.05, 0) is 66.3 Å². The van der Waals surface area contributed by atoms with Gasteiger partial charge in [-0.25, -0.2) is 4.39 Å². The first-order chi connectivity index (χ1) is 13.1. The van der Waals surface area contributed by atoms with Gasteiger partial charge in [0, 0.05) is 0 Å². The van der Waals surface area contributed by atoms with E-state index in [9.17, 15) is 9.18 Å². The first-order valence-electron chi connectivity index (χ1n) is 9.45. The lowest BCUT2D eigenvalue weighted by Crippen LogP contribution is -1.97. The Morgan fingerprint density at radius 2 is 1.59 bits per heavy atom. The second-order valence-electron chi connectivity index (χ2n) is 6.54. The number of ether oxygens (including phenoxy) is 1. The highest BCUT2D eigenvalue weighted by molar-refractivity contribution is 6.67. The van der Waals surface area contributed by atoms with Crippen LogP contribution in [0, 0.1) is 5.82 Å². The number of carbonyl (C=O) groups is 1. The van der Waals surface area contributed by atoms with Gasteiger partial charge in [0.25, 0.3) is 5.24 Å². The van der Waals surface area contributed by atoms with Gasteiger partial charge in [-0.3, -0.25) is 4.79 Å². The summed E-state index contributed by atoms with van der Waals surface area (Å²) in [7, 11) is 0. The second kappa shape index (κ2) is 11.6. The molecule has 2 aromatic carbocycles. The van der Waals surface area contributed by atoms with E-state index in [1.807, 2.05) is 30.3 Å². The van der Waals surface area contributed by atoms with E-state index in [2.05, 4.69) is 6.58 Å². The Balaban J connectivity index is 1.74. The third-order valence-corrected chi connectivity index (χ3v) is 4.64. The summed E-state index contributed by atoms with van der Waals surface area (Å²) in [6.07, 6.45) is 10.3. The predicted octanol–water partition coefficient (Wildman–Crippen LogP) is 7.17. The molecule has 0 N–H and O–H groups in total. The molecule has 2 aromatic rings. The summed E-state index contributed by atoms with van der Waals surface area (Å²) >= 11 is 5.34. The molecule has 144 valence electrons. The van der Waals surface area contributed by atoms with Crippen molar-refractivity contribution >= 4 is 16.8 Å². The van der Waals surface area contributed by atoms with Crippen LogP contribution in [0.15, 0.2) is 55.1 Å². The van der Waals surface area contributed by atoms with Crippen molar-refractivity contribution in [2.24, 2.45) is 0 Å². The van der Waals surface area contributed by atoms with Crippen LogP contribution in [-0.2, 0) is 0 Å². The largest absolute Gasteiger partial charge is 0.494 e. The molecule has 27 heavy (non-hydrogen) atoms. The van der Waals surface area contributed by atoms with E-state index in [0.717, 1.165) is 24.2 Å². The Morgan fingerprint density at radius 1 is 0.963 bits per heavy atom. The number of benzene rings is 2. The lowest BCUT2D eigenvalue weighted by atomic mass is 10.0. The van der Waals surface area contributed by atoms with Crippen molar-refractivity contribution in [3.8, 4) is 16.9 Å². The van der Waals surface area contributed by atoms with Crippen LogP contribution < -0.4 is 4.74 Å². The van der Waals surface area contributed by atoms with Crippen LogP contribution in [0.25, 0.3) is 11.1 Å². The first kappa shape index (κ1) is 21.2. The Bertz CT molecular complexity index is 741. The highest BCUT2D eigenvalue weighted by atomic mass is 35.5. The molecule has 0 aliphatic heterocycles. The van der Waals surface area contributed by atoms with E-state index in [4.69, 9.17) is 16.3 Å². The molecule has 4 heteroatoms. The molecular formula is C23H26ClFO2. The van der Waals surface area contributed by atoms with Gasteiger partial charge < -0.3 is 4.74 Å². The van der Waals surface area contributed by atoms with Crippen molar-refractivity contribution in [1.29, 1.82) is 0 Å². The van der Waals surface area contributed by atoms with Crippen LogP contribution in [0.1, 0.15) is 55.3 Å². The Labute approximate surface area is 166 Å². The van der Waals surface area contributed by atoms with Gasteiger partial charge in [-0.1, -0.05) is 50.0 Å². The van der Waals surface area contributed by atoms with Crippen molar-refractivity contribution in [3.05, 3.63) is 66.5 Å². The van der Waals surface area contributed by atoms with Crippen LogP contribution >= 0.6 is 11.6 Å². The fraction of sp³-hybridized carbons (Fsp3) is 0.348. The maximum atomic E-state index is 13.9. The van der Waals surface area contributed by atoms with Crippen LogP contribution in [0.4, 0.5) is 4.39 Å². The molecule has 0 atom stereocenters. The predicted molar refractivity (Wildman–Crippen MR) is 110 cm³/mol. The molecule has 0 saturated carbocycles. The summed E-state index contributed by atoms with van der Waals surface area (Å²) in [4.78, 5) is 11.1. The highest BCUT2D eigenvalue weighted by Gasteiger charge is 2.10. The van der Waals surface area contributed by atoms with E-state index < -0.39 is 11.1 Å². The van der Waals surface area contributed by atoms with Crippen molar-refractivity contribution in [3.63, 3.8) is 0 Å². The molecule has 0 unspecified atom stereocenters. The highest BCUT2D eigenvalue weighted by Crippen LogP contribution is 2.25. The maximum Gasteiger partial charge on any atom is 0.255 e. The third kappa shape index (κ3) is 7.18. The Hall–Kier alpha value is -2.13. The number of hydrogen-bond acceptors (Lipinski definition) is 2. The minimum atomic E-state index is -0.792. The molecule has 2 nitrogen and oxygen atoms in total. The lowest BCUT2D eigenvalue weighted by Gasteiger charge is -2.08. The number of carbonyl (C=O) groups excluding carboxylic acids is 1. The molecule has 0 saturated heterocycles. The van der Waals surface area contributed by atoms with Gasteiger partial charge in [-0.15, -0.1) is 6.58 Å². The van der Waals surface area contributed by atoms with Gasteiger partial charge in [0.2, 0.25) is 0 Å². The molecule has 0 heterocycles. The fourth-order valence-electron chi connectivity index (χ4n) is 2.89. The van der Waals surface area contributed by atoms with Gasteiger partial charge in [0.15, 0.2) is 0 Å². The number of unbranched alkanes of at least 4 members (excludes halogenated alkanes) is 6. The van der Waals surface area contributed by atoms with Crippen molar-refractivity contribution in [2.45, 2.75) is 44.9 Å². The monoisotopic (exact) mass is 388 g/mol. The second-order valence-corrected chi connectivity index (χ2v) is 6.88. The molecule has 0 aliphatic carbocycles. The molecule has 2 rings (SSSR count). The van der Waals surface area contributed by atoms with E-state index in [1.54, 1.807) is 6.07 Å². The van der Waals surface area contributed by atoms with Crippen LogP contribution in [-0.4, -0.2) is 11.8 Å². The van der Waals surface area contributed by atoms with Gasteiger partial charge in [0.05, 0.1) is 12.2 Å². The molecule has 0 aliphatic rings. The molecular weight excluding hydrogens is 363 g/mol. The van der Waals surface area contributed by atoms with Crippen molar-refractivity contribution < 1.29 is 13.9 Å². The average Bonchev–Trinajstić information content (AvgIpc) is 2.67. The average molecular weight is 389 g/mol. The summed E-state index contributed by atoms with van der Waals surface area (Å²) in [5.41, 5.74) is 1.44. The van der Waals surface area contributed by atoms with E-state index in [0.29, 0.717) is 12.2 Å². The summed E-state index contributed by atoms with van der Waals surface area (Å²) in [6.45, 7) is 4.44. The lowest BCUT2D eigenvalue weighted by molar-refractivity contribution is 0.107. The summed E-state index contributed by atoms with van der Waals surface area (Å²) in [5.74, 6) is 0.190. The molecule has 0 radical (unpaired) electrons. The van der Waals surface area contributed by atoms with Gasteiger partial charge in [-0.2, -0.15) is 0 Å².